The topological polar surface area (TPSA) is 86.6 Å². The van der Waals surface area contributed by atoms with Crippen LogP contribution >= 0.6 is 11.8 Å². The molecular weight excluding hydrogens is 206 g/mol. The summed E-state index contributed by atoms with van der Waals surface area (Å²) in [6, 6.07) is -1.62. The summed E-state index contributed by atoms with van der Waals surface area (Å²) in [4.78, 5) is 21.2. The van der Waals surface area contributed by atoms with Crippen molar-refractivity contribution in [3.63, 3.8) is 0 Å². The summed E-state index contributed by atoms with van der Waals surface area (Å²) in [6.07, 6.45) is 2.30. The number of rotatable bonds is 7. The van der Waals surface area contributed by atoms with E-state index in [0.717, 1.165) is 0 Å². The van der Waals surface area contributed by atoms with Crippen LogP contribution in [0.3, 0.4) is 0 Å². The SMILES string of the molecule is CSCCC(NC(C)C(=O)O)C(=O)O. The maximum Gasteiger partial charge on any atom is 0.320 e. The second-order valence-corrected chi connectivity index (χ2v) is 3.88. The first-order chi connectivity index (χ1) is 6.49. The predicted molar refractivity (Wildman–Crippen MR) is 54.7 cm³/mol. The summed E-state index contributed by atoms with van der Waals surface area (Å²) in [5, 5.41) is 19.9. The Bertz CT molecular complexity index is 210. The van der Waals surface area contributed by atoms with Crippen molar-refractivity contribution in [2.45, 2.75) is 25.4 Å². The van der Waals surface area contributed by atoms with Crippen molar-refractivity contribution >= 4 is 23.7 Å². The molecule has 6 heteroatoms. The number of nitrogens with one attached hydrogen (secondary N) is 1. The van der Waals surface area contributed by atoms with E-state index in [1.807, 2.05) is 6.26 Å². The van der Waals surface area contributed by atoms with Crippen molar-refractivity contribution in [3.05, 3.63) is 0 Å². The molecule has 0 saturated carbocycles. The summed E-state index contributed by atoms with van der Waals surface area (Å²) < 4.78 is 0. The van der Waals surface area contributed by atoms with Crippen molar-refractivity contribution < 1.29 is 19.8 Å². The molecule has 0 aliphatic rings. The summed E-state index contributed by atoms with van der Waals surface area (Å²) in [6.45, 7) is 1.43. The summed E-state index contributed by atoms with van der Waals surface area (Å²) in [5.74, 6) is -1.36. The van der Waals surface area contributed by atoms with E-state index < -0.39 is 24.0 Å². The lowest BCUT2D eigenvalue weighted by Gasteiger charge is -2.16. The molecule has 0 aromatic heterocycles. The van der Waals surface area contributed by atoms with Gasteiger partial charge in [-0.3, -0.25) is 14.9 Å². The highest BCUT2D eigenvalue weighted by atomic mass is 32.2. The monoisotopic (exact) mass is 221 g/mol. The minimum Gasteiger partial charge on any atom is -0.480 e. The Morgan fingerprint density at radius 2 is 1.93 bits per heavy atom. The summed E-state index contributed by atoms with van der Waals surface area (Å²) in [5.41, 5.74) is 0. The van der Waals surface area contributed by atoms with E-state index in [1.54, 1.807) is 0 Å². The summed E-state index contributed by atoms with van der Waals surface area (Å²) >= 11 is 1.53. The highest BCUT2D eigenvalue weighted by molar-refractivity contribution is 7.98. The molecule has 0 radical (unpaired) electrons. The molecule has 82 valence electrons. The van der Waals surface area contributed by atoms with Crippen LogP contribution in [0.1, 0.15) is 13.3 Å². The normalized spacial score (nSPS) is 14.7. The van der Waals surface area contributed by atoms with E-state index in [-0.39, 0.29) is 0 Å². The van der Waals surface area contributed by atoms with Gasteiger partial charge in [-0.15, -0.1) is 0 Å². The van der Waals surface area contributed by atoms with Crippen molar-refractivity contribution in [1.29, 1.82) is 0 Å². The molecule has 0 aromatic rings. The highest BCUT2D eigenvalue weighted by Gasteiger charge is 2.21. The molecule has 0 aliphatic carbocycles. The molecule has 0 rings (SSSR count). The van der Waals surface area contributed by atoms with Crippen LogP contribution in [0.2, 0.25) is 0 Å². The number of hydrogen-bond donors (Lipinski definition) is 3. The van der Waals surface area contributed by atoms with Crippen LogP contribution < -0.4 is 5.32 Å². The zero-order chi connectivity index (χ0) is 11.1. The molecule has 2 unspecified atom stereocenters. The molecule has 0 heterocycles. The van der Waals surface area contributed by atoms with Gasteiger partial charge in [0.05, 0.1) is 0 Å². The standard InChI is InChI=1S/C8H15NO4S/c1-5(7(10)11)9-6(8(12)13)3-4-14-2/h5-6,9H,3-4H2,1-2H3,(H,10,11)(H,12,13). The van der Waals surface area contributed by atoms with Gasteiger partial charge in [-0.05, 0) is 25.4 Å². The van der Waals surface area contributed by atoms with E-state index in [4.69, 9.17) is 10.2 Å². The lowest BCUT2D eigenvalue weighted by Crippen LogP contribution is -2.45. The van der Waals surface area contributed by atoms with Crippen LogP contribution in [0.15, 0.2) is 0 Å². The largest absolute Gasteiger partial charge is 0.480 e. The number of carbonyl (C=O) groups is 2. The van der Waals surface area contributed by atoms with Crippen LogP contribution in [-0.4, -0.2) is 46.2 Å². The maximum atomic E-state index is 10.7. The fourth-order valence-electron chi connectivity index (χ4n) is 0.887. The lowest BCUT2D eigenvalue weighted by molar-refractivity contribution is -0.142. The number of hydrogen-bond acceptors (Lipinski definition) is 4. The van der Waals surface area contributed by atoms with E-state index in [2.05, 4.69) is 5.32 Å². The van der Waals surface area contributed by atoms with Gasteiger partial charge in [0.1, 0.15) is 12.1 Å². The Labute approximate surface area is 86.9 Å². The number of thioether (sulfide) groups is 1. The molecule has 0 amide bonds. The zero-order valence-corrected chi connectivity index (χ0v) is 9.00. The Morgan fingerprint density at radius 3 is 2.29 bits per heavy atom. The van der Waals surface area contributed by atoms with Gasteiger partial charge in [0.2, 0.25) is 0 Å². The van der Waals surface area contributed by atoms with Crippen molar-refractivity contribution in [2.24, 2.45) is 0 Å². The van der Waals surface area contributed by atoms with Gasteiger partial charge in [0, 0.05) is 0 Å². The third kappa shape index (κ3) is 5.08. The molecule has 5 nitrogen and oxygen atoms in total. The first kappa shape index (κ1) is 13.2. The van der Waals surface area contributed by atoms with E-state index in [9.17, 15) is 9.59 Å². The molecule has 0 spiro atoms. The fraction of sp³-hybridized carbons (Fsp3) is 0.750. The second-order valence-electron chi connectivity index (χ2n) is 2.90. The zero-order valence-electron chi connectivity index (χ0n) is 8.19. The first-order valence-electron chi connectivity index (χ1n) is 4.19. The molecule has 2 atom stereocenters. The van der Waals surface area contributed by atoms with Gasteiger partial charge in [0.25, 0.3) is 0 Å². The smallest absolute Gasteiger partial charge is 0.320 e. The summed E-state index contributed by atoms with van der Waals surface area (Å²) in [7, 11) is 0. The van der Waals surface area contributed by atoms with Crippen LogP contribution in [0, 0.1) is 0 Å². The molecule has 0 aromatic carbocycles. The fourth-order valence-corrected chi connectivity index (χ4v) is 1.36. The molecule has 14 heavy (non-hydrogen) atoms. The van der Waals surface area contributed by atoms with Gasteiger partial charge in [-0.25, -0.2) is 0 Å². The minimum atomic E-state index is -1.04. The van der Waals surface area contributed by atoms with Crippen LogP contribution in [0.4, 0.5) is 0 Å². The van der Waals surface area contributed by atoms with Crippen LogP contribution in [0.5, 0.6) is 0 Å². The van der Waals surface area contributed by atoms with Crippen LogP contribution in [0.25, 0.3) is 0 Å². The van der Waals surface area contributed by atoms with E-state index >= 15 is 0 Å². The predicted octanol–water partition coefficient (Wildman–Crippen LogP) is 0.255. The van der Waals surface area contributed by atoms with E-state index in [1.165, 1.54) is 18.7 Å². The van der Waals surface area contributed by atoms with Gasteiger partial charge < -0.3 is 10.2 Å². The third-order valence-electron chi connectivity index (χ3n) is 1.73. The van der Waals surface area contributed by atoms with E-state index in [0.29, 0.717) is 12.2 Å². The van der Waals surface area contributed by atoms with Gasteiger partial charge in [-0.2, -0.15) is 11.8 Å². The molecule has 0 saturated heterocycles. The Kier molecular flexibility index (Phi) is 6.31. The average Bonchev–Trinajstić information content (AvgIpc) is 2.10. The lowest BCUT2D eigenvalue weighted by atomic mass is 10.2. The molecular formula is C8H15NO4S. The minimum absolute atomic E-state index is 0.425. The van der Waals surface area contributed by atoms with Crippen molar-refractivity contribution in [2.75, 3.05) is 12.0 Å². The first-order valence-corrected chi connectivity index (χ1v) is 5.59. The molecule has 0 bridgehead atoms. The quantitative estimate of drug-likeness (QED) is 0.571. The Morgan fingerprint density at radius 1 is 1.36 bits per heavy atom. The molecule has 3 N–H and O–H groups in total. The van der Waals surface area contributed by atoms with Crippen molar-refractivity contribution in [1.82, 2.24) is 5.32 Å². The maximum absolute atomic E-state index is 10.7. The molecule has 0 aliphatic heterocycles. The second kappa shape index (κ2) is 6.67. The van der Waals surface area contributed by atoms with Crippen LogP contribution in [-0.2, 0) is 9.59 Å². The Hall–Kier alpha value is -0.750. The third-order valence-corrected chi connectivity index (χ3v) is 2.37. The highest BCUT2D eigenvalue weighted by Crippen LogP contribution is 2.02. The van der Waals surface area contributed by atoms with Gasteiger partial charge in [-0.1, -0.05) is 0 Å². The van der Waals surface area contributed by atoms with Crippen molar-refractivity contribution in [3.8, 4) is 0 Å². The number of aliphatic carboxylic acids is 2. The number of carboxylic acid groups (broad SMARTS) is 2. The van der Waals surface area contributed by atoms with Gasteiger partial charge in [0.15, 0.2) is 0 Å². The Balaban J connectivity index is 4.08. The van der Waals surface area contributed by atoms with Gasteiger partial charge >= 0.3 is 11.9 Å². The number of carboxylic acids is 2. The average molecular weight is 221 g/mol. The molecule has 0 fully saturated rings.